The van der Waals surface area contributed by atoms with Gasteiger partial charge in [0.25, 0.3) is 0 Å². The number of urea groups is 2. The second-order valence-electron chi connectivity index (χ2n) is 17.6. The molecule has 0 aromatic heterocycles. The number of amides is 7. The number of aryl methyl sites for hydroxylation is 2. The molecule has 0 radical (unpaired) electrons. The van der Waals surface area contributed by atoms with Crippen molar-refractivity contribution in [3.05, 3.63) is 34.9 Å². The lowest BCUT2D eigenvalue weighted by atomic mass is 9.84. The third kappa shape index (κ3) is 16.6. The lowest BCUT2D eigenvalue weighted by Crippen LogP contribution is -2.56. The Morgan fingerprint density at radius 1 is 0.825 bits per heavy atom. The monoisotopic (exact) mass is 898 g/mol. The molecule has 3 aliphatic heterocycles. The number of nitrogens with zero attached hydrogens (tertiary/aromatic N) is 1. The van der Waals surface area contributed by atoms with Gasteiger partial charge in [-0.3, -0.25) is 19.2 Å². The van der Waals surface area contributed by atoms with E-state index in [1.165, 1.54) is 0 Å². The molecule has 1 unspecified atom stereocenters. The summed E-state index contributed by atoms with van der Waals surface area (Å²) in [4.78, 5) is 92.2. The highest BCUT2D eigenvalue weighted by atomic mass is 32.2. The van der Waals surface area contributed by atoms with Crippen LogP contribution in [-0.4, -0.2) is 128 Å². The summed E-state index contributed by atoms with van der Waals surface area (Å²) in [5.74, 6) is -0.325. The second-order valence-corrected chi connectivity index (χ2v) is 18.9. The van der Waals surface area contributed by atoms with Crippen molar-refractivity contribution in [2.75, 3.05) is 51.8 Å². The zero-order valence-corrected chi connectivity index (χ0v) is 38.2. The SMILES string of the molecule is Cc1cccc(C)c1C(=O)OCC(=O)[C@H](CCCCNC(=O)CCCCCNC(=O)CCCCC1SC[C@@H]2NC(=O)N[C@H]12)NC(=O)[C@H](CC1CCCCC1)NC(=O)N1CCOCC1. The van der Waals surface area contributed by atoms with E-state index in [2.05, 4.69) is 31.9 Å². The smallest absolute Gasteiger partial charge is 0.339 e. The molecule has 1 aromatic carbocycles. The Hall–Kier alpha value is -4.38. The standard InChI is InChI=1S/C46H71N7O9S/c1-31-14-13-15-32(2)41(31)44(58)62-29-37(54)34(49-43(57)35(28-33-16-5-3-6-17-33)51-46(60)53-24-26-61-27-25-53)18-10-12-23-48-39(55)20-7-4-11-22-47-40(56)21-9-8-19-38-42-36(30-63-38)50-45(59)52-42/h13-15,33-36,38,42H,3-12,16-30H2,1-2H3,(H,47,56)(H,48,55)(H,49,57)(H,51,60)(H2,50,52,59)/t34-,35-,36-,38?,42-/m0/s1. The number of ether oxygens (including phenoxy) is 2. The maximum Gasteiger partial charge on any atom is 0.339 e. The van der Waals surface area contributed by atoms with E-state index in [-0.39, 0.29) is 48.3 Å². The average molecular weight is 898 g/mol. The molecular formula is C46H71N7O9S. The maximum absolute atomic E-state index is 14.0. The average Bonchev–Trinajstić information content (AvgIpc) is 3.84. The summed E-state index contributed by atoms with van der Waals surface area (Å²) >= 11 is 1.88. The highest BCUT2D eigenvalue weighted by molar-refractivity contribution is 8.00. The normalized spacial score (nSPS) is 20.7. The predicted octanol–water partition coefficient (Wildman–Crippen LogP) is 4.58. The van der Waals surface area contributed by atoms with Gasteiger partial charge in [-0.15, -0.1) is 0 Å². The lowest BCUT2D eigenvalue weighted by Gasteiger charge is -2.31. The number of nitrogens with one attached hydrogen (secondary N) is 6. The number of esters is 1. The van der Waals surface area contributed by atoms with E-state index < -0.39 is 36.4 Å². The molecule has 4 aliphatic rings. The van der Waals surface area contributed by atoms with Gasteiger partial charge >= 0.3 is 18.0 Å². The molecule has 4 fully saturated rings. The number of hydrogen-bond acceptors (Lipinski definition) is 10. The summed E-state index contributed by atoms with van der Waals surface area (Å²) in [7, 11) is 0. The molecule has 5 atom stereocenters. The van der Waals surface area contributed by atoms with Crippen molar-refractivity contribution in [3.63, 3.8) is 0 Å². The number of hydrogen-bond donors (Lipinski definition) is 6. The molecule has 350 valence electrons. The fraction of sp³-hybridized carbons (Fsp3) is 0.717. The van der Waals surface area contributed by atoms with Crippen LogP contribution >= 0.6 is 11.8 Å². The van der Waals surface area contributed by atoms with Crippen molar-refractivity contribution in [1.82, 2.24) is 36.8 Å². The molecule has 1 aromatic rings. The Kier molecular flexibility index (Phi) is 20.8. The van der Waals surface area contributed by atoms with Crippen molar-refractivity contribution in [1.29, 1.82) is 0 Å². The first kappa shape index (κ1) is 49.6. The van der Waals surface area contributed by atoms with Gasteiger partial charge in [0.1, 0.15) is 6.04 Å². The summed E-state index contributed by atoms with van der Waals surface area (Å²) in [5, 5.41) is 18.2. The fourth-order valence-corrected chi connectivity index (χ4v) is 10.5. The van der Waals surface area contributed by atoms with Crippen LogP contribution in [0.25, 0.3) is 0 Å². The molecule has 7 amide bonds. The first-order valence-electron chi connectivity index (χ1n) is 23.4. The van der Waals surface area contributed by atoms with Gasteiger partial charge in [-0.25, -0.2) is 14.4 Å². The van der Waals surface area contributed by atoms with Gasteiger partial charge in [0.2, 0.25) is 17.7 Å². The van der Waals surface area contributed by atoms with Gasteiger partial charge in [0.15, 0.2) is 12.4 Å². The lowest BCUT2D eigenvalue weighted by molar-refractivity contribution is -0.130. The molecule has 1 saturated carbocycles. The van der Waals surface area contributed by atoms with Crippen molar-refractivity contribution in [2.24, 2.45) is 5.92 Å². The van der Waals surface area contributed by atoms with E-state index in [4.69, 9.17) is 9.47 Å². The van der Waals surface area contributed by atoms with Crippen LogP contribution < -0.4 is 31.9 Å². The molecule has 1 aliphatic carbocycles. The Morgan fingerprint density at radius 2 is 1.49 bits per heavy atom. The number of rotatable bonds is 25. The largest absolute Gasteiger partial charge is 0.454 e. The van der Waals surface area contributed by atoms with E-state index in [1.807, 2.05) is 17.8 Å². The molecule has 6 N–H and O–H groups in total. The van der Waals surface area contributed by atoms with Gasteiger partial charge in [0, 0.05) is 50.0 Å². The number of fused-ring (bicyclic) bond motifs is 1. The molecule has 17 heteroatoms. The Bertz CT molecular complexity index is 1680. The quantitative estimate of drug-likeness (QED) is 0.0457. The number of ketones is 1. The minimum absolute atomic E-state index is 0.0391. The van der Waals surface area contributed by atoms with Crippen LogP contribution in [0.2, 0.25) is 0 Å². The van der Waals surface area contributed by atoms with Crippen molar-refractivity contribution in [3.8, 4) is 0 Å². The van der Waals surface area contributed by atoms with E-state index in [0.29, 0.717) is 88.7 Å². The van der Waals surface area contributed by atoms with E-state index in [9.17, 15) is 33.6 Å². The van der Waals surface area contributed by atoms with Gasteiger partial charge < -0.3 is 46.3 Å². The zero-order chi connectivity index (χ0) is 45.0. The highest BCUT2D eigenvalue weighted by Crippen LogP contribution is 2.33. The molecule has 16 nitrogen and oxygen atoms in total. The number of benzene rings is 1. The van der Waals surface area contributed by atoms with Crippen molar-refractivity contribution in [2.45, 2.75) is 152 Å². The van der Waals surface area contributed by atoms with Crippen molar-refractivity contribution >= 4 is 53.3 Å². The Morgan fingerprint density at radius 3 is 2.19 bits per heavy atom. The minimum Gasteiger partial charge on any atom is -0.454 e. The molecule has 3 saturated heterocycles. The third-order valence-electron chi connectivity index (χ3n) is 12.7. The van der Waals surface area contributed by atoms with Crippen LogP contribution in [0.3, 0.4) is 0 Å². The first-order valence-corrected chi connectivity index (χ1v) is 24.4. The van der Waals surface area contributed by atoms with E-state index in [0.717, 1.165) is 81.1 Å². The first-order chi connectivity index (χ1) is 30.5. The summed E-state index contributed by atoms with van der Waals surface area (Å²) < 4.78 is 10.9. The van der Waals surface area contributed by atoms with E-state index >= 15 is 0 Å². The summed E-state index contributed by atoms with van der Waals surface area (Å²) in [6.07, 6.45) is 12.9. The van der Waals surface area contributed by atoms with E-state index in [1.54, 1.807) is 30.9 Å². The molecule has 0 spiro atoms. The van der Waals surface area contributed by atoms with Crippen LogP contribution in [0.15, 0.2) is 18.2 Å². The van der Waals surface area contributed by atoms with Crippen LogP contribution in [-0.2, 0) is 28.7 Å². The number of unbranched alkanes of at least 4 members (excludes halogenated alkanes) is 4. The third-order valence-corrected chi connectivity index (χ3v) is 14.2. The van der Waals surface area contributed by atoms with Crippen LogP contribution in [0.5, 0.6) is 0 Å². The molecule has 3 heterocycles. The van der Waals surface area contributed by atoms with Crippen LogP contribution in [0, 0.1) is 19.8 Å². The predicted molar refractivity (Wildman–Crippen MR) is 241 cm³/mol. The number of carbonyl (C=O) groups is 7. The second kappa shape index (κ2) is 26.4. The molecule has 0 bridgehead atoms. The summed E-state index contributed by atoms with van der Waals surface area (Å²) in [6, 6.07) is 3.64. The summed E-state index contributed by atoms with van der Waals surface area (Å²) in [6.45, 7) is 5.78. The maximum atomic E-state index is 14.0. The zero-order valence-electron chi connectivity index (χ0n) is 37.4. The molecule has 63 heavy (non-hydrogen) atoms. The van der Waals surface area contributed by atoms with Crippen LogP contribution in [0.1, 0.15) is 131 Å². The number of Topliss-reactive ketones (excluding diaryl/α,β-unsaturated/α-hetero) is 1. The number of morpholine rings is 1. The molecule has 5 rings (SSSR count). The number of thioether (sulfide) groups is 1. The van der Waals surface area contributed by atoms with Crippen LogP contribution in [0.4, 0.5) is 9.59 Å². The van der Waals surface area contributed by atoms with Gasteiger partial charge in [-0.2, -0.15) is 11.8 Å². The Balaban J connectivity index is 1.01. The van der Waals surface area contributed by atoms with Crippen molar-refractivity contribution < 1.29 is 43.0 Å². The Labute approximate surface area is 377 Å². The minimum atomic E-state index is -0.965. The van der Waals surface area contributed by atoms with Gasteiger partial charge in [-0.05, 0) is 82.3 Å². The van der Waals surface area contributed by atoms with Gasteiger partial charge in [-0.1, -0.05) is 63.1 Å². The van der Waals surface area contributed by atoms with Gasteiger partial charge in [0.05, 0.1) is 36.9 Å². The highest BCUT2D eigenvalue weighted by Gasteiger charge is 2.42. The fourth-order valence-electron chi connectivity index (χ4n) is 8.99. The number of carbonyl (C=O) groups excluding carboxylic acids is 7. The topological polar surface area (TPSA) is 213 Å². The summed E-state index contributed by atoms with van der Waals surface area (Å²) in [5.41, 5.74) is 1.88. The molecular weight excluding hydrogens is 827 g/mol.